The van der Waals surface area contributed by atoms with Crippen LogP contribution in [0, 0.1) is 0 Å². The lowest BCUT2D eigenvalue weighted by Gasteiger charge is -2.21. The Bertz CT molecular complexity index is 1390. The molecule has 3 aromatic rings. The summed E-state index contributed by atoms with van der Waals surface area (Å²) in [6.07, 6.45) is 0.907. The van der Waals surface area contributed by atoms with Crippen molar-refractivity contribution in [2.75, 3.05) is 0 Å². The van der Waals surface area contributed by atoms with Gasteiger partial charge < -0.3 is 5.32 Å². The molecular formula is C24H25N5O5. The molecule has 1 fully saturated rings. The number of benzene rings is 2. The van der Waals surface area contributed by atoms with Crippen LogP contribution in [0.3, 0.4) is 0 Å². The molecule has 0 spiro atoms. The summed E-state index contributed by atoms with van der Waals surface area (Å²) >= 11 is 0. The van der Waals surface area contributed by atoms with E-state index >= 15 is 0 Å². The van der Waals surface area contributed by atoms with E-state index in [2.05, 4.69) is 10.7 Å². The van der Waals surface area contributed by atoms with Gasteiger partial charge in [0.2, 0.25) is 0 Å². The summed E-state index contributed by atoms with van der Waals surface area (Å²) in [6.45, 7) is 2.93. The molecule has 10 heteroatoms. The molecule has 0 radical (unpaired) electrons. The number of hydrazine groups is 1. The molecule has 0 bridgehead atoms. The third-order valence-electron chi connectivity index (χ3n) is 6.00. The van der Waals surface area contributed by atoms with Gasteiger partial charge in [0.1, 0.15) is 12.1 Å². The van der Waals surface area contributed by atoms with E-state index in [1.54, 1.807) is 38.1 Å². The largest absolute Gasteiger partial charge is 0.344 e. The number of nitrogens with zero attached hydrogens (tertiary/aromatic N) is 3. The summed E-state index contributed by atoms with van der Waals surface area (Å²) in [5.41, 5.74) is 1.35. The van der Waals surface area contributed by atoms with Gasteiger partial charge >= 0.3 is 11.7 Å². The minimum absolute atomic E-state index is 0.136. The number of carbonyl (C=O) groups is 3. The van der Waals surface area contributed by atoms with Crippen LogP contribution in [0.2, 0.25) is 0 Å². The van der Waals surface area contributed by atoms with Gasteiger partial charge in [0.05, 0.1) is 10.9 Å². The number of nitrogens with one attached hydrogen (secondary N) is 2. The highest BCUT2D eigenvalue weighted by molar-refractivity contribution is 6.07. The maximum Gasteiger partial charge on any atom is 0.344 e. The number of hydrogen-bond donors (Lipinski definition) is 2. The van der Waals surface area contributed by atoms with E-state index in [1.165, 1.54) is 0 Å². The van der Waals surface area contributed by atoms with Crippen LogP contribution >= 0.6 is 0 Å². The summed E-state index contributed by atoms with van der Waals surface area (Å²) in [4.78, 5) is 63.7. The van der Waals surface area contributed by atoms with Gasteiger partial charge in [0.25, 0.3) is 17.4 Å². The third-order valence-corrected chi connectivity index (χ3v) is 6.00. The second-order valence-electron chi connectivity index (χ2n) is 8.36. The molecule has 1 aliphatic heterocycles. The highest BCUT2D eigenvalue weighted by atomic mass is 16.2. The van der Waals surface area contributed by atoms with E-state index in [-0.39, 0.29) is 6.54 Å². The summed E-state index contributed by atoms with van der Waals surface area (Å²) in [7, 11) is 0. The fourth-order valence-corrected chi connectivity index (χ4v) is 4.10. The fourth-order valence-electron chi connectivity index (χ4n) is 4.10. The first-order valence-corrected chi connectivity index (χ1v) is 11.0. The van der Waals surface area contributed by atoms with Gasteiger partial charge in [-0.05, 0) is 44.4 Å². The number of imide groups is 1. The second kappa shape index (κ2) is 8.97. The molecule has 1 aromatic heterocycles. The summed E-state index contributed by atoms with van der Waals surface area (Å²) < 4.78 is 2.19. The van der Waals surface area contributed by atoms with E-state index in [4.69, 9.17) is 0 Å². The van der Waals surface area contributed by atoms with Crippen molar-refractivity contribution in [3.8, 4) is 0 Å². The lowest BCUT2D eigenvalue weighted by Crippen LogP contribution is -2.50. The van der Waals surface area contributed by atoms with Crippen LogP contribution in [0.25, 0.3) is 10.9 Å². The number of aromatic nitrogens is 2. The van der Waals surface area contributed by atoms with Gasteiger partial charge in [-0.1, -0.05) is 42.5 Å². The van der Waals surface area contributed by atoms with E-state index in [0.717, 1.165) is 14.7 Å². The lowest BCUT2D eigenvalue weighted by atomic mass is 9.93. The maximum absolute atomic E-state index is 13.0. The quantitative estimate of drug-likeness (QED) is 0.509. The van der Waals surface area contributed by atoms with E-state index < -0.39 is 41.2 Å². The summed E-state index contributed by atoms with van der Waals surface area (Å²) in [5, 5.41) is 3.59. The number of amides is 4. The first-order chi connectivity index (χ1) is 16.2. The van der Waals surface area contributed by atoms with Crippen molar-refractivity contribution in [3.63, 3.8) is 0 Å². The summed E-state index contributed by atoms with van der Waals surface area (Å²) in [6, 6.07) is 15.3. The Labute approximate surface area is 194 Å². The van der Waals surface area contributed by atoms with Crippen molar-refractivity contribution in [3.05, 3.63) is 81.0 Å². The molecule has 10 nitrogen and oxygen atoms in total. The van der Waals surface area contributed by atoms with Crippen LogP contribution < -0.4 is 22.0 Å². The molecule has 4 rings (SSSR count). The predicted molar refractivity (Wildman–Crippen MR) is 125 cm³/mol. The Morgan fingerprint density at radius 3 is 2.35 bits per heavy atom. The first kappa shape index (κ1) is 23.0. The molecule has 2 aromatic carbocycles. The van der Waals surface area contributed by atoms with Crippen molar-refractivity contribution in [2.45, 2.75) is 45.3 Å². The summed E-state index contributed by atoms with van der Waals surface area (Å²) in [5.74, 6) is -1.33. The molecule has 0 saturated carbocycles. The molecule has 176 valence electrons. The Kier molecular flexibility index (Phi) is 6.06. The van der Waals surface area contributed by atoms with Crippen molar-refractivity contribution in [1.29, 1.82) is 0 Å². The van der Waals surface area contributed by atoms with Gasteiger partial charge in [-0.25, -0.2) is 9.59 Å². The number of carbonyl (C=O) groups excluding carboxylic acids is 3. The fraction of sp³-hybridized carbons (Fsp3) is 0.292. The molecule has 1 saturated heterocycles. The van der Waals surface area contributed by atoms with Gasteiger partial charge in [0.15, 0.2) is 0 Å². The van der Waals surface area contributed by atoms with Crippen LogP contribution in [-0.4, -0.2) is 37.5 Å². The number of hydrogen-bond acceptors (Lipinski definition) is 5. The molecule has 1 unspecified atom stereocenters. The molecule has 0 aliphatic carbocycles. The number of para-hydroxylation sites is 1. The number of fused-ring (bicyclic) bond motifs is 1. The lowest BCUT2D eigenvalue weighted by molar-refractivity contribution is -0.139. The zero-order valence-corrected chi connectivity index (χ0v) is 18.9. The molecule has 1 aliphatic rings. The van der Waals surface area contributed by atoms with Crippen molar-refractivity contribution in [2.24, 2.45) is 0 Å². The van der Waals surface area contributed by atoms with Crippen LogP contribution in [-0.2, 0) is 29.1 Å². The van der Waals surface area contributed by atoms with Gasteiger partial charge in [-0.15, -0.1) is 0 Å². The van der Waals surface area contributed by atoms with Crippen molar-refractivity contribution >= 4 is 28.7 Å². The SMILES string of the molecule is CCn1c(=O)c2ccccc2n(CC(=O)NN2C(=O)NC(C)(CCc3ccccc3)C2=O)c1=O. The van der Waals surface area contributed by atoms with Crippen LogP contribution in [0.4, 0.5) is 4.79 Å². The Hall–Kier alpha value is -4.21. The standard InChI is InChI=1S/C24H25N5O5/c1-3-27-20(31)17-11-7-8-12-18(17)28(23(27)34)15-19(30)26-29-21(32)24(2,25-22(29)33)14-13-16-9-5-4-6-10-16/h4-12H,3,13-15H2,1-2H3,(H,25,33)(H,26,30). The van der Waals surface area contributed by atoms with E-state index in [9.17, 15) is 24.0 Å². The average Bonchev–Trinajstić information content (AvgIpc) is 3.04. The number of rotatable bonds is 7. The molecule has 4 amide bonds. The highest BCUT2D eigenvalue weighted by Gasteiger charge is 2.48. The minimum atomic E-state index is -1.18. The smallest absolute Gasteiger partial charge is 0.322 e. The zero-order valence-electron chi connectivity index (χ0n) is 18.9. The van der Waals surface area contributed by atoms with Gasteiger partial charge in [0, 0.05) is 6.54 Å². The highest BCUT2D eigenvalue weighted by Crippen LogP contribution is 2.22. The van der Waals surface area contributed by atoms with Crippen LogP contribution in [0.1, 0.15) is 25.8 Å². The van der Waals surface area contributed by atoms with Crippen LogP contribution in [0.15, 0.2) is 64.2 Å². The Balaban J connectivity index is 1.53. The molecule has 2 heterocycles. The molecule has 2 N–H and O–H groups in total. The first-order valence-electron chi connectivity index (χ1n) is 11.0. The third kappa shape index (κ3) is 4.09. The Morgan fingerprint density at radius 2 is 1.65 bits per heavy atom. The van der Waals surface area contributed by atoms with Crippen molar-refractivity contribution in [1.82, 2.24) is 24.9 Å². The molecular weight excluding hydrogens is 438 g/mol. The van der Waals surface area contributed by atoms with Crippen LogP contribution in [0.5, 0.6) is 0 Å². The second-order valence-corrected chi connectivity index (χ2v) is 8.36. The zero-order chi connectivity index (χ0) is 24.5. The van der Waals surface area contributed by atoms with E-state index in [0.29, 0.717) is 28.8 Å². The maximum atomic E-state index is 13.0. The molecule has 34 heavy (non-hydrogen) atoms. The van der Waals surface area contributed by atoms with Gasteiger partial charge in [-0.2, -0.15) is 5.01 Å². The molecule has 1 atom stereocenters. The monoisotopic (exact) mass is 463 g/mol. The minimum Gasteiger partial charge on any atom is -0.322 e. The number of urea groups is 1. The topological polar surface area (TPSA) is 123 Å². The van der Waals surface area contributed by atoms with E-state index in [1.807, 2.05) is 30.3 Å². The normalized spacial score (nSPS) is 17.8. The van der Waals surface area contributed by atoms with Crippen molar-refractivity contribution < 1.29 is 14.4 Å². The predicted octanol–water partition coefficient (Wildman–Crippen LogP) is 1.16. The Morgan fingerprint density at radius 1 is 0.971 bits per heavy atom. The number of aryl methyl sites for hydroxylation is 1. The average molecular weight is 463 g/mol. The van der Waals surface area contributed by atoms with Gasteiger partial charge in [-0.3, -0.25) is 28.9 Å².